The maximum Gasteiger partial charge on any atom is 0.357 e. The van der Waals surface area contributed by atoms with E-state index in [4.69, 9.17) is 0 Å². The van der Waals surface area contributed by atoms with Gasteiger partial charge in [0.15, 0.2) is 7.14 Å². The molecular weight excluding hydrogens is 379 g/mol. The van der Waals surface area contributed by atoms with Crippen molar-refractivity contribution in [1.29, 1.82) is 0 Å². The molecule has 2 rings (SSSR count). The fourth-order valence-electron chi connectivity index (χ4n) is 2.15. The molecule has 0 aliphatic carbocycles. The van der Waals surface area contributed by atoms with Crippen LogP contribution in [0.3, 0.4) is 0 Å². The zero-order chi connectivity index (χ0) is 15.7. The standard InChI is InChI=1S/C20H26I.CH4/c1-19(2,3)15-7-11-17(12-8-15)21-18-13-9-16(10-14-18)20(4,5)6;/h7-14H,1-6H3;1H4/q+1;. The topological polar surface area (TPSA) is 0 Å². The first kappa shape index (κ1) is 19.2. The predicted molar refractivity (Wildman–Crippen MR) is 94.4 cm³/mol. The summed E-state index contributed by atoms with van der Waals surface area (Å²) in [6, 6.07) is 18.4. The molecule has 0 aromatic heterocycles. The van der Waals surface area contributed by atoms with Crippen LogP contribution in [0.1, 0.15) is 60.1 Å². The first-order chi connectivity index (χ1) is 9.66. The molecule has 0 atom stereocenters. The van der Waals surface area contributed by atoms with Crippen LogP contribution in [-0.2, 0) is 10.8 Å². The minimum atomic E-state index is -0.0703. The number of halogens is 1. The average molecular weight is 409 g/mol. The van der Waals surface area contributed by atoms with Gasteiger partial charge in [-0.2, -0.15) is 0 Å². The van der Waals surface area contributed by atoms with Crippen LogP contribution in [-0.4, -0.2) is 0 Å². The Labute approximate surface area is 147 Å². The quantitative estimate of drug-likeness (QED) is 0.669. The maximum absolute atomic E-state index is 2.31. The second-order valence-electron chi connectivity index (χ2n) is 7.61. The van der Waals surface area contributed by atoms with Gasteiger partial charge in [-0.25, -0.2) is 0 Å². The molecule has 0 radical (unpaired) electrons. The van der Waals surface area contributed by atoms with E-state index in [1.54, 1.807) is 0 Å². The molecule has 0 aliphatic heterocycles. The van der Waals surface area contributed by atoms with E-state index in [1.165, 1.54) is 18.3 Å². The molecule has 0 N–H and O–H groups in total. The molecule has 0 bridgehead atoms. The molecule has 120 valence electrons. The van der Waals surface area contributed by atoms with Crippen molar-refractivity contribution in [3.05, 3.63) is 66.8 Å². The first-order valence-corrected chi connectivity index (χ1v) is 9.68. The summed E-state index contributed by atoms with van der Waals surface area (Å²) in [5, 5.41) is 0. The average Bonchev–Trinajstić information content (AvgIpc) is 2.38. The monoisotopic (exact) mass is 409 g/mol. The molecule has 22 heavy (non-hydrogen) atoms. The van der Waals surface area contributed by atoms with Gasteiger partial charge in [-0.3, -0.25) is 0 Å². The molecule has 0 nitrogen and oxygen atoms in total. The third-order valence-electron chi connectivity index (χ3n) is 3.64. The normalized spacial score (nSPS) is 11.9. The van der Waals surface area contributed by atoms with Crippen molar-refractivity contribution in [3.8, 4) is 0 Å². The first-order valence-electron chi connectivity index (χ1n) is 7.52. The van der Waals surface area contributed by atoms with Crippen molar-refractivity contribution in [3.63, 3.8) is 0 Å². The Morgan fingerprint density at radius 2 is 0.818 bits per heavy atom. The molecule has 0 spiro atoms. The van der Waals surface area contributed by atoms with E-state index in [1.807, 2.05) is 0 Å². The lowest BCUT2D eigenvalue weighted by molar-refractivity contribution is -0.597. The number of rotatable bonds is 2. The predicted octanol–water partition coefficient (Wildman–Crippen LogP) is 3.05. The van der Waals surface area contributed by atoms with E-state index in [9.17, 15) is 0 Å². The highest BCUT2D eigenvalue weighted by atomic mass is 127. The Balaban J connectivity index is 0.00000242. The Hall–Kier alpha value is -0.830. The molecule has 0 saturated carbocycles. The lowest BCUT2D eigenvalue weighted by Crippen LogP contribution is -3.61. The van der Waals surface area contributed by atoms with Gasteiger partial charge in [0.05, 0.1) is 0 Å². The van der Waals surface area contributed by atoms with Crippen LogP contribution in [0, 0.1) is 7.14 Å². The van der Waals surface area contributed by atoms with Gasteiger partial charge >= 0.3 is 21.2 Å². The van der Waals surface area contributed by atoms with Crippen LogP contribution in [0.2, 0.25) is 0 Å². The summed E-state index contributed by atoms with van der Waals surface area (Å²) in [5.74, 6) is 0. The molecule has 1 heteroatoms. The highest BCUT2D eigenvalue weighted by Gasteiger charge is 2.20. The number of benzene rings is 2. The van der Waals surface area contributed by atoms with Crippen molar-refractivity contribution in [2.45, 2.75) is 59.8 Å². The van der Waals surface area contributed by atoms with E-state index in [-0.39, 0.29) is 39.5 Å². The van der Waals surface area contributed by atoms with E-state index in [0.29, 0.717) is 0 Å². The molecule has 2 aromatic carbocycles. The van der Waals surface area contributed by atoms with Crippen molar-refractivity contribution in [2.75, 3.05) is 0 Å². The smallest absolute Gasteiger partial charge is 0.0776 e. The number of hydrogen-bond acceptors (Lipinski definition) is 0. The van der Waals surface area contributed by atoms with E-state index in [2.05, 4.69) is 90.1 Å². The van der Waals surface area contributed by atoms with E-state index >= 15 is 0 Å². The summed E-state index contributed by atoms with van der Waals surface area (Å²) in [6.45, 7) is 13.6. The minimum absolute atomic E-state index is 0. The third kappa shape index (κ3) is 5.12. The van der Waals surface area contributed by atoms with Gasteiger partial charge in [-0.15, -0.1) is 0 Å². The molecule has 0 heterocycles. The Morgan fingerprint density at radius 1 is 0.545 bits per heavy atom. The lowest BCUT2D eigenvalue weighted by atomic mass is 9.87. The van der Waals surface area contributed by atoms with Crippen LogP contribution in [0.15, 0.2) is 48.5 Å². The van der Waals surface area contributed by atoms with Crippen LogP contribution in [0.25, 0.3) is 0 Å². The molecule has 2 aromatic rings. The summed E-state index contributed by atoms with van der Waals surface area (Å²) in [5.41, 5.74) is 3.31. The SMILES string of the molecule is C.CC(C)(C)c1ccc([I+]c2ccc(C(C)(C)C)cc2)cc1. The summed E-state index contributed by atoms with van der Waals surface area (Å²) in [7, 11) is 0. The fourth-order valence-corrected chi connectivity index (χ4v) is 4.31. The lowest BCUT2D eigenvalue weighted by Gasteiger charge is -2.18. The molecule has 0 amide bonds. The largest absolute Gasteiger partial charge is 0.357 e. The molecule has 0 unspecified atom stereocenters. The van der Waals surface area contributed by atoms with Crippen LogP contribution >= 0.6 is 0 Å². The molecule has 0 saturated heterocycles. The van der Waals surface area contributed by atoms with Crippen molar-refractivity contribution in [2.24, 2.45) is 0 Å². The molecule has 0 fully saturated rings. The highest BCUT2D eigenvalue weighted by Crippen LogP contribution is 2.21. The van der Waals surface area contributed by atoms with Crippen molar-refractivity contribution in [1.82, 2.24) is 0 Å². The Morgan fingerprint density at radius 3 is 1.05 bits per heavy atom. The summed E-state index contributed by atoms with van der Waals surface area (Å²) >= 11 is -0.0703. The van der Waals surface area contributed by atoms with Gasteiger partial charge in [0, 0.05) is 0 Å². The van der Waals surface area contributed by atoms with Crippen molar-refractivity contribution < 1.29 is 21.2 Å². The molecular formula is C21H30I+. The Kier molecular flexibility index (Phi) is 6.26. The van der Waals surface area contributed by atoms with Gasteiger partial charge in [0.2, 0.25) is 0 Å². The van der Waals surface area contributed by atoms with Gasteiger partial charge in [0.25, 0.3) is 0 Å². The number of hydrogen-bond donors (Lipinski definition) is 0. The zero-order valence-electron chi connectivity index (χ0n) is 14.0. The van der Waals surface area contributed by atoms with E-state index in [0.717, 1.165) is 0 Å². The van der Waals surface area contributed by atoms with Gasteiger partial charge in [0.1, 0.15) is 0 Å². The van der Waals surface area contributed by atoms with E-state index < -0.39 is 0 Å². The van der Waals surface area contributed by atoms with Crippen LogP contribution < -0.4 is 21.2 Å². The van der Waals surface area contributed by atoms with Crippen molar-refractivity contribution >= 4 is 0 Å². The zero-order valence-corrected chi connectivity index (χ0v) is 16.2. The van der Waals surface area contributed by atoms with Gasteiger partial charge in [-0.05, 0) is 46.2 Å². The highest BCUT2D eigenvalue weighted by molar-refractivity contribution is 5.23. The minimum Gasteiger partial charge on any atom is -0.0776 e. The fraction of sp³-hybridized carbons (Fsp3) is 0.429. The van der Waals surface area contributed by atoms with Crippen LogP contribution in [0.4, 0.5) is 0 Å². The van der Waals surface area contributed by atoms with Crippen LogP contribution in [0.5, 0.6) is 0 Å². The second kappa shape index (κ2) is 7.16. The summed E-state index contributed by atoms with van der Waals surface area (Å²) < 4.78 is 2.98. The maximum atomic E-state index is 2.31. The molecule has 0 aliphatic rings. The Bertz CT molecular complexity index is 522. The summed E-state index contributed by atoms with van der Waals surface area (Å²) in [6.07, 6.45) is 0. The summed E-state index contributed by atoms with van der Waals surface area (Å²) in [4.78, 5) is 0. The second-order valence-corrected chi connectivity index (χ2v) is 10.6. The third-order valence-corrected chi connectivity index (χ3v) is 6.32. The van der Waals surface area contributed by atoms with Gasteiger partial charge in [-0.1, -0.05) is 73.2 Å². The van der Waals surface area contributed by atoms with Gasteiger partial charge < -0.3 is 0 Å².